The van der Waals surface area contributed by atoms with E-state index >= 15 is 0 Å². The number of hydrogen-bond acceptors (Lipinski definition) is 2. The first kappa shape index (κ1) is 11.7. The Kier molecular flexibility index (Phi) is 4.08. The van der Waals surface area contributed by atoms with E-state index in [1.807, 2.05) is 6.07 Å². The normalized spacial score (nSPS) is 18.3. The minimum atomic E-state index is 0.189. The second-order valence-corrected chi connectivity index (χ2v) is 4.88. The molecule has 1 aromatic rings. The number of benzene rings is 1. The van der Waals surface area contributed by atoms with Crippen molar-refractivity contribution in [1.82, 2.24) is 4.90 Å². The summed E-state index contributed by atoms with van der Waals surface area (Å²) in [7, 11) is 0. The molecule has 1 aromatic carbocycles. The summed E-state index contributed by atoms with van der Waals surface area (Å²) in [5.74, 6) is 0.189. The van der Waals surface area contributed by atoms with E-state index in [2.05, 4.69) is 4.90 Å². The molecule has 0 spiro atoms. The molecule has 2 nitrogen and oxygen atoms in total. The van der Waals surface area contributed by atoms with Gasteiger partial charge in [-0.1, -0.05) is 30.5 Å². The van der Waals surface area contributed by atoms with E-state index in [9.17, 15) is 5.11 Å². The number of nitrogens with zero attached hydrogens (tertiary/aromatic N) is 1. The van der Waals surface area contributed by atoms with Crippen LogP contribution in [0.5, 0.6) is 5.75 Å². The Morgan fingerprint density at radius 3 is 2.44 bits per heavy atom. The molecule has 16 heavy (non-hydrogen) atoms. The summed E-state index contributed by atoms with van der Waals surface area (Å²) in [6.07, 6.45) is 5.28. The van der Waals surface area contributed by atoms with E-state index in [4.69, 9.17) is 11.6 Å². The highest BCUT2D eigenvalue weighted by Crippen LogP contribution is 2.24. The van der Waals surface area contributed by atoms with Crippen LogP contribution in [0.15, 0.2) is 18.2 Å². The summed E-state index contributed by atoms with van der Waals surface area (Å²) >= 11 is 5.79. The third-order valence-corrected chi connectivity index (χ3v) is 3.44. The van der Waals surface area contributed by atoms with Gasteiger partial charge in [0.25, 0.3) is 0 Å². The lowest BCUT2D eigenvalue weighted by molar-refractivity contribution is 0.276. The maximum Gasteiger partial charge on any atom is 0.134 e. The Morgan fingerprint density at radius 1 is 1.12 bits per heavy atom. The number of rotatable bonds is 2. The van der Waals surface area contributed by atoms with Gasteiger partial charge < -0.3 is 5.11 Å². The summed E-state index contributed by atoms with van der Waals surface area (Å²) < 4.78 is 0. The van der Waals surface area contributed by atoms with Crippen molar-refractivity contribution in [1.29, 1.82) is 0 Å². The number of hydrogen-bond donors (Lipinski definition) is 1. The second kappa shape index (κ2) is 5.55. The molecule has 1 saturated heterocycles. The van der Waals surface area contributed by atoms with Crippen molar-refractivity contribution >= 4 is 11.6 Å². The Labute approximate surface area is 102 Å². The molecule has 1 fully saturated rings. The standard InChI is InChI=1S/C13H18ClNO/c14-12-6-5-11(9-13(12)16)10-15-7-3-1-2-4-8-15/h5-6,9,16H,1-4,7-8,10H2. The molecule has 1 heterocycles. The van der Waals surface area contributed by atoms with E-state index in [0.717, 1.165) is 12.1 Å². The molecule has 1 aliphatic heterocycles. The van der Waals surface area contributed by atoms with Gasteiger partial charge in [-0.15, -0.1) is 0 Å². The van der Waals surface area contributed by atoms with Crippen molar-refractivity contribution in [2.75, 3.05) is 13.1 Å². The van der Waals surface area contributed by atoms with Crippen molar-refractivity contribution in [3.63, 3.8) is 0 Å². The number of phenols is 1. The number of aromatic hydroxyl groups is 1. The summed E-state index contributed by atoms with van der Waals surface area (Å²) in [5, 5.41) is 9.96. The fraction of sp³-hybridized carbons (Fsp3) is 0.538. The van der Waals surface area contributed by atoms with Crippen molar-refractivity contribution in [3.8, 4) is 5.75 Å². The van der Waals surface area contributed by atoms with Crippen LogP contribution in [0.1, 0.15) is 31.2 Å². The molecule has 0 atom stereocenters. The van der Waals surface area contributed by atoms with Gasteiger partial charge in [-0.2, -0.15) is 0 Å². The summed E-state index contributed by atoms with van der Waals surface area (Å²) in [6.45, 7) is 3.26. The molecule has 88 valence electrons. The molecule has 3 heteroatoms. The van der Waals surface area contributed by atoms with Crippen molar-refractivity contribution in [2.24, 2.45) is 0 Å². The smallest absolute Gasteiger partial charge is 0.134 e. The predicted molar refractivity (Wildman–Crippen MR) is 66.9 cm³/mol. The molecule has 0 aromatic heterocycles. The Hall–Kier alpha value is -0.730. The van der Waals surface area contributed by atoms with Crippen LogP contribution in [0.2, 0.25) is 5.02 Å². The second-order valence-electron chi connectivity index (χ2n) is 4.48. The maximum absolute atomic E-state index is 9.53. The minimum Gasteiger partial charge on any atom is -0.506 e. The zero-order valence-corrected chi connectivity index (χ0v) is 10.2. The highest BCUT2D eigenvalue weighted by molar-refractivity contribution is 6.31. The van der Waals surface area contributed by atoms with Gasteiger partial charge in [0.2, 0.25) is 0 Å². The van der Waals surface area contributed by atoms with Crippen molar-refractivity contribution in [3.05, 3.63) is 28.8 Å². The molecule has 0 unspecified atom stereocenters. The van der Waals surface area contributed by atoms with E-state index in [1.165, 1.54) is 38.8 Å². The van der Waals surface area contributed by atoms with Crippen LogP contribution in [0, 0.1) is 0 Å². The van der Waals surface area contributed by atoms with Gasteiger partial charge in [0.05, 0.1) is 5.02 Å². The number of phenolic OH excluding ortho intramolecular Hbond substituents is 1. The molecule has 0 radical (unpaired) electrons. The third-order valence-electron chi connectivity index (χ3n) is 3.12. The Morgan fingerprint density at radius 2 is 1.81 bits per heavy atom. The molecular formula is C13H18ClNO. The van der Waals surface area contributed by atoms with E-state index in [-0.39, 0.29) is 5.75 Å². The van der Waals surface area contributed by atoms with E-state index in [1.54, 1.807) is 12.1 Å². The van der Waals surface area contributed by atoms with Gasteiger partial charge in [-0.25, -0.2) is 0 Å². The lowest BCUT2D eigenvalue weighted by Gasteiger charge is -2.19. The largest absolute Gasteiger partial charge is 0.506 e. The fourth-order valence-electron chi connectivity index (χ4n) is 2.21. The number of likely N-dealkylation sites (tertiary alicyclic amines) is 1. The van der Waals surface area contributed by atoms with Crippen LogP contribution in [-0.2, 0) is 6.54 Å². The van der Waals surface area contributed by atoms with Crippen LogP contribution in [0.25, 0.3) is 0 Å². The van der Waals surface area contributed by atoms with Gasteiger partial charge >= 0.3 is 0 Å². The van der Waals surface area contributed by atoms with E-state index < -0.39 is 0 Å². The molecule has 1 N–H and O–H groups in total. The fourth-order valence-corrected chi connectivity index (χ4v) is 2.33. The van der Waals surface area contributed by atoms with Crippen LogP contribution in [0.4, 0.5) is 0 Å². The SMILES string of the molecule is Oc1cc(CN2CCCCCC2)ccc1Cl. The van der Waals surface area contributed by atoms with Crippen LogP contribution >= 0.6 is 11.6 Å². The van der Waals surface area contributed by atoms with Crippen molar-refractivity contribution in [2.45, 2.75) is 32.2 Å². The summed E-state index contributed by atoms with van der Waals surface area (Å²) in [5.41, 5.74) is 1.14. The molecule has 1 aliphatic rings. The highest BCUT2D eigenvalue weighted by Gasteiger charge is 2.10. The third kappa shape index (κ3) is 3.13. The average molecular weight is 240 g/mol. The lowest BCUT2D eigenvalue weighted by atomic mass is 10.2. The minimum absolute atomic E-state index is 0.189. The zero-order valence-electron chi connectivity index (χ0n) is 9.45. The van der Waals surface area contributed by atoms with E-state index in [0.29, 0.717) is 5.02 Å². The monoisotopic (exact) mass is 239 g/mol. The topological polar surface area (TPSA) is 23.5 Å². The van der Waals surface area contributed by atoms with Crippen LogP contribution < -0.4 is 0 Å². The first-order valence-corrected chi connectivity index (χ1v) is 6.33. The molecule has 2 rings (SSSR count). The molecule has 0 saturated carbocycles. The predicted octanol–water partition coefficient (Wildman–Crippen LogP) is 3.42. The quantitative estimate of drug-likeness (QED) is 0.855. The van der Waals surface area contributed by atoms with Crippen LogP contribution in [-0.4, -0.2) is 23.1 Å². The van der Waals surface area contributed by atoms with Crippen LogP contribution in [0.3, 0.4) is 0 Å². The zero-order chi connectivity index (χ0) is 11.4. The van der Waals surface area contributed by atoms with Gasteiger partial charge in [0.1, 0.15) is 5.75 Å². The first-order valence-electron chi connectivity index (χ1n) is 5.95. The molecule has 0 bridgehead atoms. The molecule has 0 aliphatic carbocycles. The average Bonchev–Trinajstić information content (AvgIpc) is 2.52. The summed E-state index contributed by atoms with van der Waals surface area (Å²) in [4.78, 5) is 2.45. The van der Waals surface area contributed by atoms with Gasteiger partial charge in [0, 0.05) is 6.54 Å². The van der Waals surface area contributed by atoms with Gasteiger partial charge in [-0.3, -0.25) is 4.90 Å². The maximum atomic E-state index is 9.53. The lowest BCUT2D eigenvalue weighted by Crippen LogP contribution is -2.23. The Bertz CT molecular complexity index is 346. The van der Waals surface area contributed by atoms with Gasteiger partial charge in [0.15, 0.2) is 0 Å². The first-order chi connectivity index (χ1) is 7.75. The highest BCUT2D eigenvalue weighted by atomic mass is 35.5. The van der Waals surface area contributed by atoms with Gasteiger partial charge in [-0.05, 0) is 43.6 Å². The molecular weight excluding hydrogens is 222 g/mol. The molecule has 0 amide bonds. The number of halogens is 1. The summed E-state index contributed by atoms with van der Waals surface area (Å²) in [6, 6.07) is 5.53. The van der Waals surface area contributed by atoms with Crippen molar-refractivity contribution < 1.29 is 5.11 Å². The Balaban J connectivity index is 1.99.